The molecule has 6 heteroatoms. The highest BCUT2D eigenvalue weighted by atomic mass is 19.1. The van der Waals surface area contributed by atoms with Crippen molar-refractivity contribution in [1.82, 2.24) is 10.2 Å². The summed E-state index contributed by atoms with van der Waals surface area (Å²) in [4.78, 5) is 11.9. The lowest BCUT2D eigenvalue weighted by Crippen LogP contribution is -2.16. The van der Waals surface area contributed by atoms with Crippen molar-refractivity contribution in [3.8, 4) is 0 Å². The minimum Gasteiger partial charge on any atom is -0.368 e. The first kappa shape index (κ1) is 15.9. The van der Waals surface area contributed by atoms with E-state index in [1.54, 1.807) is 24.3 Å². The summed E-state index contributed by atoms with van der Waals surface area (Å²) < 4.78 is 12.8. The van der Waals surface area contributed by atoms with Gasteiger partial charge in [0.05, 0.1) is 6.42 Å². The van der Waals surface area contributed by atoms with Gasteiger partial charge in [-0.05, 0) is 35.7 Å². The molecule has 2 N–H and O–H groups in total. The largest absolute Gasteiger partial charge is 0.368 e. The Kier molecular flexibility index (Phi) is 5.41. The molecule has 0 aliphatic carbocycles. The van der Waals surface area contributed by atoms with Gasteiger partial charge in [-0.1, -0.05) is 26.0 Å². The molecule has 0 aliphatic rings. The van der Waals surface area contributed by atoms with Gasteiger partial charge >= 0.3 is 0 Å². The van der Waals surface area contributed by atoms with E-state index in [-0.39, 0.29) is 18.1 Å². The van der Waals surface area contributed by atoms with Crippen LogP contribution in [0.1, 0.15) is 19.4 Å². The Labute approximate surface area is 129 Å². The van der Waals surface area contributed by atoms with Crippen molar-refractivity contribution in [1.29, 1.82) is 0 Å². The second-order valence-corrected chi connectivity index (χ2v) is 5.43. The summed E-state index contributed by atoms with van der Waals surface area (Å²) in [5.41, 5.74) is 0.738. The summed E-state index contributed by atoms with van der Waals surface area (Å²) in [6.07, 6.45) is 0.162. The number of rotatable bonds is 6. The van der Waals surface area contributed by atoms with Gasteiger partial charge in [0.25, 0.3) is 0 Å². The number of nitrogens with one attached hydrogen (secondary N) is 2. The van der Waals surface area contributed by atoms with Gasteiger partial charge in [0.2, 0.25) is 5.91 Å². The average Bonchev–Trinajstić information content (AvgIpc) is 2.49. The number of benzene rings is 1. The van der Waals surface area contributed by atoms with E-state index in [0.29, 0.717) is 17.6 Å². The van der Waals surface area contributed by atoms with Crippen molar-refractivity contribution in [3.63, 3.8) is 0 Å². The van der Waals surface area contributed by atoms with Crippen LogP contribution in [0.15, 0.2) is 36.4 Å². The molecule has 0 unspecified atom stereocenters. The van der Waals surface area contributed by atoms with Crippen molar-refractivity contribution >= 4 is 17.5 Å². The molecular formula is C16H19FN4O. The van der Waals surface area contributed by atoms with E-state index in [4.69, 9.17) is 0 Å². The van der Waals surface area contributed by atoms with Crippen LogP contribution >= 0.6 is 0 Å². The quantitative estimate of drug-likeness (QED) is 0.861. The molecule has 0 saturated carbocycles. The number of carbonyl (C=O) groups is 1. The zero-order valence-electron chi connectivity index (χ0n) is 12.6. The summed E-state index contributed by atoms with van der Waals surface area (Å²) >= 11 is 0. The Morgan fingerprint density at radius 1 is 1.09 bits per heavy atom. The summed E-state index contributed by atoms with van der Waals surface area (Å²) in [6, 6.07) is 9.29. The van der Waals surface area contributed by atoms with Crippen LogP contribution in [0.25, 0.3) is 0 Å². The third-order valence-electron chi connectivity index (χ3n) is 2.90. The van der Waals surface area contributed by atoms with E-state index in [1.165, 1.54) is 12.1 Å². The number of carbonyl (C=O) groups excluding carboxylic acids is 1. The number of nitrogens with zero attached hydrogens (tertiary/aromatic N) is 2. The Morgan fingerprint density at radius 3 is 2.32 bits per heavy atom. The van der Waals surface area contributed by atoms with Crippen LogP contribution in [0, 0.1) is 11.7 Å². The van der Waals surface area contributed by atoms with Crippen molar-refractivity contribution < 1.29 is 9.18 Å². The van der Waals surface area contributed by atoms with Crippen LogP contribution in [0.3, 0.4) is 0 Å². The molecule has 1 amide bonds. The molecule has 22 heavy (non-hydrogen) atoms. The Hall–Kier alpha value is -2.50. The number of hydrogen-bond acceptors (Lipinski definition) is 4. The fourth-order valence-electron chi connectivity index (χ4n) is 1.78. The van der Waals surface area contributed by atoms with Gasteiger partial charge in [0, 0.05) is 6.54 Å². The summed E-state index contributed by atoms with van der Waals surface area (Å²) in [5.74, 6) is 1.03. The highest BCUT2D eigenvalue weighted by molar-refractivity contribution is 5.91. The van der Waals surface area contributed by atoms with Crippen LogP contribution < -0.4 is 10.6 Å². The molecule has 2 rings (SSSR count). The molecular weight excluding hydrogens is 283 g/mol. The molecule has 116 valence electrons. The lowest BCUT2D eigenvalue weighted by atomic mass is 10.1. The minimum atomic E-state index is -0.320. The van der Waals surface area contributed by atoms with Gasteiger partial charge < -0.3 is 10.6 Å². The van der Waals surface area contributed by atoms with Crippen molar-refractivity contribution in [2.45, 2.75) is 20.3 Å². The van der Waals surface area contributed by atoms with E-state index < -0.39 is 0 Å². The molecule has 5 nitrogen and oxygen atoms in total. The minimum absolute atomic E-state index is 0.162. The Morgan fingerprint density at radius 2 is 1.73 bits per heavy atom. The Balaban J connectivity index is 1.87. The fourth-order valence-corrected chi connectivity index (χ4v) is 1.78. The number of amides is 1. The van der Waals surface area contributed by atoms with Crippen LogP contribution in [-0.2, 0) is 11.2 Å². The van der Waals surface area contributed by atoms with Gasteiger partial charge in [-0.3, -0.25) is 4.79 Å². The summed E-state index contributed by atoms with van der Waals surface area (Å²) in [5, 5.41) is 13.8. The highest BCUT2D eigenvalue weighted by Gasteiger charge is 2.06. The standard InChI is InChI=1S/C16H19FN4O/c1-11(2)10-18-14-7-8-15(21-20-14)19-16(22)9-12-3-5-13(17)6-4-12/h3-8,11H,9-10H2,1-2H3,(H,18,20)(H,19,21,22). The van der Waals surface area contributed by atoms with E-state index in [2.05, 4.69) is 34.7 Å². The maximum absolute atomic E-state index is 12.8. The summed E-state index contributed by atoms with van der Waals surface area (Å²) in [6.45, 7) is 5.01. The SMILES string of the molecule is CC(C)CNc1ccc(NC(=O)Cc2ccc(F)cc2)nn1. The maximum Gasteiger partial charge on any atom is 0.229 e. The lowest BCUT2D eigenvalue weighted by molar-refractivity contribution is -0.115. The first-order valence-electron chi connectivity index (χ1n) is 7.15. The van der Waals surface area contributed by atoms with Crippen molar-refractivity contribution in [2.24, 2.45) is 5.92 Å². The highest BCUT2D eigenvalue weighted by Crippen LogP contribution is 2.09. The molecule has 1 heterocycles. The maximum atomic E-state index is 12.8. The molecule has 2 aromatic rings. The van der Waals surface area contributed by atoms with Gasteiger partial charge in [0.15, 0.2) is 5.82 Å². The smallest absolute Gasteiger partial charge is 0.229 e. The number of anilines is 2. The molecule has 0 aliphatic heterocycles. The zero-order chi connectivity index (χ0) is 15.9. The van der Waals surface area contributed by atoms with Crippen LogP contribution in [0.5, 0.6) is 0 Å². The third-order valence-corrected chi connectivity index (χ3v) is 2.90. The average molecular weight is 302 g/mol. The van der Waals surface area contributed by atoms with Gasteiger partial charge in [-0.25, -0.2) is 4.39 Å². The lowest BCUT2D eigenvalue weighted by Gasteiger charge is -2.08. The predicted octanol–water partition coefficient (Wildman–Crippen LogP) is 2.86. The predicted molar refractivity (Wildman–Crippen MR) is 84.1 cm³/mol. The first-order valence-corrected chi connectivity index (χ1v) is 7.15. The second-order valence-electron chi connectivity index (χ2n) is 5.43. The van der Waals surface area contributed by atoms with Crippen LogP contribution in [-0.4, -0.2) is 22.6 Å². The summed E-state index contributed by atoms with van der Waals surface area (Å²) in [7, 11) is 0. The molecule has 0 saturated heterocycles. The second kappa shape index (κ2) is 7.49. The van der Waals surface area contributed by atoms with E-state index >= 15 is 0 Å². The van der Waals surface area contributed by atoms with Crippen molar-refractivity contribution in [3.05, 3.63) is 47.8 Å². The molecule has 1 aromatic heterocycles. The first-order chi connectivity index (χ1) is 10.5. The number of aromatic nitrogens is 2. The van der Waals surface area contributed by atoms with Crippen molar-refractivity contribution in [2.75, 3.05) is 17.2 Å². The third kappa shape index (κ3) is 5.12. The van der Waals surface area contributed by atoms with Gasteiger partial charge in [-0.15, -0.1) is 10.2 Å². The van der Waals surface area contributed by atoms with E-state index in [0.717, 1.165) is 12.1 Å². The topological polar surface area (TPSA) is 66.9 Å². The molecule has 0 radical (unpaired) electrons. The fraction of sp³-hybridized carbons (Fsp3) is 0.312. The molecule has 0 atom stereocenters. The van der Waals surface area contributed by atoms with Crippen LogP contribution in [0.4, 0.5) is 16.0 Å². The van der Waals surface area contributed by atoms with E-state index in [9.17, 15) is 9.18 Å². The van der Waals surface area contributed by atoms with E-state index in [1.807, 2.05) is 0 Å². The molecule has 0 fully saturated rings. The molecule has 1 aromatic carbocycles. The molecule has 0 bridgehead atoms. The normalized spacial score (nSPS) is 10.5. The zero-order valence-corrected chi connectivity index (χ0v) is 12.6. The monoisotopic (exact) mass is 302 g/mol. The van der Waals surface area contributed by atoms with Gasteiger partial charge in [0.1, 0.15) is 11.6 Å². The van der Waals surface area contributed by atoms with Crippen LogP contribution in [0.2, 0.25) is 0 Å². The van der Waals surface area contributed by atoms with Gasteiger partial charge in [-0.2, -0.15) is 0 Å². The Bertz CT molecular complexity index is 611. The molecule has 0 spiro atoms. The number of hydrogen-bond donors (Lipinski definition) is 2. The number of halogens is 1.